The van der Waals surface area contributed by atoms with E-state index in [-0.39, 0.29) is 24.1 Å². The molecular weight excluding hydrogens is 238 g/mol. The highest BCUT2D eigenvalue weighted by atomic mass is 16.3. The van der Waals surface area contributed by atoms with Crippen molar-refractivity contribution in [2.24, 2.45) is 11.8 Å². The summed E-state index contributed by atoms with van der Waals surface area (Å²) in [6.45, 7) is 4.47. The highest BCUT2D eigenvalue weighted by Crippen LogP contribution is 2.29. The molecule has 104 valence electrons. The van der Waals surface area contributed by atoms with Crippen LogP contribution in [0.25, 0.3) is 0 Å². The molecule has 0 spiro atoms. The number of para-hydroxylation sites is 1. The van der Waals surface area contributed by atoms with Crippen LogP contribution in [0.1, 0.15) is 38.7 Å². The minimum atomic E-state index is 0.00690. The molecule has 1 fully saturated rings. The third-order valence-corrected chi connectivity index (χ3v) is 4.40. The van der Waals surface area contributed by atoms with E-state index >= 15 is 0 Å². The van der Waals surface area contributed by atoms with E-state index in [1.807, 2.05) is 6.07 Å². The van der Waals surface area contributed by atoms with Crippen LogP contribution in [0.2, 0.25) is 0 Å². The Morgan fingerprint density at radius 1 is 1.32 bits per heavy atom. The van der Waals surface area contributed by atoms with E-state index in [0.717, 1.165) is 6.42 Å². The Hall–Kier alpha value is -1.51. The molecule has 3 unspecified atom stereocenters. The second-order valence-corrected chi connectivity index (χ2v) is 5.75. The van der Waals surface area contributed by atoms with E-state index in [9.17, 15) is 9.90 Å². The van der Waals surface area contributed by atoms with E-state index in [0.29, 0.717) is 17.4 Å². The van der Waals surface area contributed by atoms with Crippen LogP contribution >= 0.6 is 0 Å². The molecule has 19 heavy (non-hydrogen) atoms. The number of hydrogen-bond donors (Lipinski definition) is 2. The van der Waals surface area contributed by atoms with E-state index in [1.165, 1.54) is 12.8 Å². The molecule has 0 aliphatic heterocycles. The van der Waals surface area contributed by atoms with Gasteiger partial charge in [0.2, 0.25) is 5.91 Å². The van der Waals surface area contributed by atoms with Gasteiger partial charge in [-0.1, -0.05) is 44.9 Å². The van der Waals surface area contributed by atoms with Crippen LogP contribution in [-0.4, -0.2) is 17.1 Å². The smallest absolute Gasteiger partial charge is 0.224 e. The van der Waals surface area contributed by atoms with Crippen LogP contribution in [0, 0.1) is 11.8 Å². The number of carbonyl (C=O) groups excluding carboxylic acids is 1. The zero-order valence-electron chi connectivity index (χ0n) is 11.7. The third-order valence-electron chi connectivity index (χ3n) is 4.40. The van der Waals surface area contributed by atoms with Crippen molar-refractivity contribution in [3.05, 3.63) is 29.8 Å². The number of hydrogen-bond acceptors (Lipinski definition) is 2. The summed E-state index contributed by atoms with van der Waals surface area (Å²) in [5.74, 6) is 1.40. The molecule has 1 aliphatic rings. The van der Waals surface area contributed by atoms with Crippen molar-refractivity contribution in [3.63, 3.8) is 0 Å². The molecule has 3 atom stereocenters. The standard InChI is InChI=1S/C16H23NO2/c1-11-6-5-8-14(12(11)2)17-16(19)10-13-7-3-4-9-15(13)18/h3-4,7,9,11-12,14,18H,5-6,8,10H2,1-2H3,(H,17,19). The zero-order chi connectivity index (χ0) is 13.8. The molecule has 1 saturated carbocycles. The molecular formula is C16H23NO2. The summed E-state index contributed by atoms with van der Waals surface area (Å²) in [5.41, 5.74) is 0.691. The predicted octanol–water partition coefficient (Wildman–Crippen LogP) is 2.88. The third kappa shape index (κ3) is 3.49. The maximum atomic E-state index is 12.1. The highest BCUT2D eigenvalue weighted by Gasteiger charge is 2.28. The largest absolute Gasteiger partial charge is 0.508 e. The average Bonchev–Trinajstić information content (AvgIpc) is 2.38. The molecule has 0 bridgehead atoms. The van der Waals surface area contributed by atoms with Crippen molar-refractivity contribution in [2.75, 3.05) is 0 Å². The molecule has 2 rings (SSSR count). The highest BCUT2D eigenvalue weighted by molar-refractivity contribution is 5.79. The topological polar surface area (TPSA) is 49.3 Å². The van der Waals surface area contributed by atoms with Crippen molar-refractivity contribution < 1.29 is 9.90 Å². The SMILES string of the molecule is CC1CCCC(NC(=O)Cc2ccccc2O)C1C. The fourth-order valence-corrected chi connectivity index (χ4v) is 2.88. The van der Waals surface area contributed by atoms with E-state index in [1.54, 1.807) is 18.2 Å². The monoisotopic (exact) mass is 261 g/mol. The average molecular weight is 261 g/mol. The molecule has 1 aromatic rings. The van der Waals surface area contributed by atoms with E-state index in [4.69, 9.17) is 0 Å². The van der Waals surface area contributed by atoms with Crippen LogP contribution < -0.4 is 5.32 Å². The quantitative estimate of drug-likeness (QED) is 0.879. The number of aromatic hydroxyl groups is 1. The normalized spacial score (nSPS) is 26.9. The van der Waals surface area contributed by atoms with Gasteiger partial charge in [0.1, 0.15) is 5.75 Å². The Balaban J connectivity index is 1.93. The second-order valence-electron chi connectivity index (χ2n) is 5.75. The van der Waals surface area contributed by atoms with Gasteiger partial charge >= 0.3 is 0 Å². The molecule has 2 N–H and O–H groups in total. The fraction of sp³-hybridized carbons (Fsp3) is 0.562. The fourth-order valence-electron chi connectivity index (χ4n) is 2.88. The van der Waals surface area contributed by atoms with Gasteiger partial charge in [-0.2, -0.15) is 0 Å². The summed E-state index contributed by atoms with van der Waals surface area (Å²) in [5, 5.41) is 12.8. The molecule has 1 aromatic carbocycles. The first-order valence-corrected chi connectivity index (χ1v) is 7.14. The summed E-state index contributed by atoms with van der Waals surface area (Å²) < 4.78 is 0. The lowest BCUT2D eigenvalue weighted by Gasteiger charge is -2.34. The number of nitrogens with one attached hydrogen (secondary N) is 1. The molecule has 0 radical (unpaired) electrons. The molecule has 0 heterocycles. The number of phenolic OH excluding ortho intramolecular Hbond substituents is 1. The predicted molar refractivity (Wildman–Crippen MR) is 75.9 cm³/mol. The summed E-state index contributed by atoms with van der Waals surface area (Å²) in [6.07, 6.45) is 3.77. The van der Waals surface area contributed by atoms with Crippen LogP contribution in [0.15, 0.2) is 24.3 Å². The van der Waals surface area contributed by atoms with Gasteiger partial charge in [0, 0.05) is 11.6 Å². The molecule has 0 saturated heterocycles. The lowest BCUT2D eigenvalue weighted by Crippen LogP contribution is -2.44. The van der Waals surface area contributed by atoms with Gasteiger partial charge in [0.15, 0.2) is 0 Å². The molecule has 3 heteroatoms. The Labute approximate surface area is 115 Å². The number of phenols is 1. The lowest BCUT2D eigenvalue weighted by molar-refractivity contribution is -0.121. The Morgan fingerprint density at radius 3 is 2.79 bits per heavy atom. The van der Waals surface area contributed by atoms with Crippen molar-refractivity contribution in [1.29, 1.82) is 0 Å². The first kappa shape index (κ1) is 13.9. The van der Waals surface area contributed by atoms with Crippen molar-refractivity contribution >= 4 is 5.91 Å². The maximum Gasteiger partial charge on any atom is 0.224 e. The van der Waals surface area contributed by atoms with Gasteiger partial charge < -0.3 is 10.4 Å². The first-order chi connectivity index (χ1) is 9.08. The van der Waals surface area contributed by atoms with Gasteiger partial charge in [-0.25, -0.2) is 0 Å². The van der Waals surface area contributed by atoms with Crippen LogP contribution in [0.3, 0.4) is 0 Å². The van der Waals surface area contributed by atoms with Gasteiger partial charge in [0.05, 0.1) is 6.42 Å². The van der Waals surface area contributed by atoms with E-state index in [2.05, 4.69) is 19.2 Å². The van der Waals surface area contributed by atoms with E-state index < -0.39 is 0 Å². The van der Waals surface area contributed by atoms with Gasteiger partial charge in [-0.15, -0.1) is 0 Å². The van der Waals surface area contributed by atoms with Crippen molar-refractivity contribution in [1.82, 2.24) is 5.32 Å². The summed E-state index contributed by atoms with van der Waals surface area (Å²) in [7, 11) is 0. The number of rotatable bonds is 3. The maximum absolute atomic E-state index is 12.1. The Kier molecular flexibility index (Phi) is 4.46. The van der Waals surface area contributed by atoms with Crippen LogP contribution in [0.5, 0.6) is 5.75 Å². The van der Waals surface area contributed by atoms with Crippen LogP contribution in [-0.2, 0) is 11.2 Å². The second kappa shape index (κ2) is 6.09. The number of carbonyl (C=O) groups is 1. The van der Waals surface area contributed by atoms with Crippen molar-refractivity contribution in [2.45, 2.75) is 45.6 Å². The Bertz CT molecular complexity index is 444. The van der Waals surface area contributed by atoms with Crippen molar-refractivity contribution in [3.8, 4) is 5.75 Å². The Morgan fingerprint density at radius 2 is 2.05 bits per heavy atom. The van der Waals surface area contributed by atoms with Gasteiger partial charge in [-0.05, 0) is 24.3 Å². The minimum Gasteiger partial charge on any atom is -0.508 e. The molecule has 3 nitrogen and oxygen atoms in total. The molecule has 1 aliphatic carbocycles. The minimum absolute atomic E-state index is 0.00690. The van der Waals surface area contributed by atoms with Gasteiger partial charge in [0.25, 0.3) is 0 Å². The first-order valence-electron chi connectivity index (χ1n) is 7.14. The zero-order valence-corrected chi connectivity index (χ0v) is 11.7. The summed E-state index contributed by atoms with van der Waals surface area (Å²) >= 11 is 0. The lowest BCUT2D eigenvalue weighted by atomic mass is 9.78. The number of benzene rings is 1. The molecule has 0 aromatic heterocycles. The summed E-state index contributed by atoms with van der Waals surface area (Å²) in [4.78, 5) is 12.1. The summed E-state index contributed by atoms with van der Waals surface area (Å²) in [6, 6.07) is 7.30. The van der Waals surface area contributed by atoms with Crippen LogP contribution in [0.4, 0.5) is 0 Å². The van der Waals surface area contributed by atoms with Gasteiger partial charge in [-0.3, -0.25) is 4.79 Å². The number of amides is 1. The molecule has 1 amide bonds.